The monoisotopic (exact) mass is 1010 g/mol. The molecule has 0 atom stereocenters. The van der Waals surface area contributed by atoms with Crippen molar-refractivity contribution in [1.29, 1.82) is 0 Å². The van der Waals surface area contributed by atoms with Crippen LogP contribution in [0.1, 0.15) is 52.7 Å². The molecule has 0 unspecified atom stereocenters. The van der Waals surface area contributed by atoms with Crippen molar-refractivity contribution in [2.45, 2.75) is 52.4 Å². The Morgan fingerprint density at radius 3 is 1.83 bits per heavy atom. The molecule has 0 saturated heterocycles. The molecule has 0 spiro atoms. The summed E-state index contributed by atoms with van der Waals surface area (Å²) in [5.41, 5.74) is 13.0. The van der Waals surface area contributed by atoms with Crippen molar-refractivity contribution in [3.05, 3.63) is 212 Å². The summed E-state index contributed by atoms with van der Waals surface area (Å²) in [6.45, 7) is 13.6. The average molecular weight is 1010 g/mol. The Morgan fingerprint density at radius 1 is 0.562 bits per heavy atom. The molecule has 0 saturated carbocycles. The van der Waals surface area contributed by atoms with E-state index in [0.29, 0.717) is 11.5 Å². The zero-order valence-corrected chi connectivity index (χ0v) is 39.1. The van der Waals surface area contributed by atoms with Gasteiger partial charge in [0.05, 0.1) is 5.69 Å². The van der Waals surface area contributed by atoms with Crippen molar-refractivity contribution < 1.29 is 30.4 Å². The minimum absolute atomic E-state index is 0. The number of benzene rings is 7. The first kappa shape index (κ1) is 42.5. The molecule has 0 bridgehead atoms. The van der Waals surface area contributed by atoms with Crippen LogP contribution in [-0.4, -0.2) is 14.1 Å². The maximum absolute atomic E-state index is 6.76. The molecule has 6 heteroatoms. The van der Waals surface area contributed by atoms with Gasteiger partial charge < -0.3 is 13.9 Å². The topological polar surface area (TPSA) is 35.9 Å². The Hall–Kier alpha value is -6.81. The van der Waals surface area contributed by atoms with Gasteiger partial charge in [-0.2, -0.15) is 12.1 Å². The van der Waals surface area contributed by atoms with E-state index in [4.69, 9.17) is 9.72 Å². The fourth-order valence-corrected chi connectivity index (χ4v) is 8.67. The zero-order chi connectivity index (χ0) is 43.3. The maximum Gasteiger partial charge on any atom is 0.267 e. The standard InChI is InChI=1S/C58H48N4O.Pt/c1-57(2,3)44-28-29-59-55(34-44)62-53-25-17-16-24-49(53)50-27-26-47(38-54(50)62)63-48-33-43(40-18-10-7-11-19-40)32-45(35-48)60-30-31-61(39-60)46-36-51(41-20-12-8-13-21-41)56(58(4,5)6)52(37-46)42-22-14-9-15-23-42;/h7-34,36-37H,1-6H3;/q-2;. The van der Waals surface area contributed by atoms with Gasteiger partial charge in [-0.15, -0.1) is 35.2 Å². The molecule has 0 N–H and O–H groups in total. The molecule has 0 aliphatic carbocycles. The Kier molecular flexibility index (Phi) is 11.3. The molecular formula is C58H48N4OPt-2. The van der Waals surface area contributed by atoms with Crippen molar-refractivity contribution in [3.8, 4) is 62.1 Å². The third-order valence-electron chi connectivity index (χ3n) is 11.7. The Bertz CT molecular complexity index is 3200. The van der Waals surface area contributed by atoms with Gasteiger partial charge >= 0.3 is 0 Å². The van der Waals surface area contributed by atoms with E-state index in [1.807, 2.05) is 35.2 Å². The number of aromatic nitrogens is 4. The van der Waals surface area contributed by atoms with Crippen LogP contribution >= 0.6 is 0 Å². The second-order valence-corrected chi connectivity index (χ2v) is 18.2. The molecule has 5 nitrogen and oxygen atoms in total. The van der Waals surface area contributed by atoms with E-state index in [-0.39, 0.29) is 31.9 Å². The number of hydrogen-bond acceptors (Lipinski definition) is 2. The summed E-state index contributed by atoms with van der Waals surface area (Å²) in [5, 5.41) is 2.21. The first-order valence-corrected chi connectivity index (χ1v) is 21.5. The van der Waals surface area contributed by atoms with Crippen molar-refractivity contribution in [1.82, 2.24) is 14.1 Å². The van der Waals surface area contributed by atoms with Gasteiger partial charge in [0.25, 0.3) is 6.33 Å². The second-order valence-electron chi connectivity index (χ2n) is 18.2. The fourth-order valence-electron chi connectivity index (χ4n) is 8.67. The van der Waals surface area contributed by atoms with E-state index in [1.165, 1.54) is 33.4 Å². The first-order chi connectivity index (χ1) is 30.5. The van der Waals surface area contributed by atoms with Crippen LogP contribution in [0.2, 0.25) is 0 Å². The van der Waals surface area contributed by atoms with Crippen LogP contribution in [-0.2, 0) is 31.9 Å². The summed E-state index contributed by atoms with van der Waals surface area (Å²) in [6, 6.07) is 64.6. The van der Waals surface area contributed by atoms with E-state index in [9.17, 15) is 0 Å². The summed E-state index contributed by atoms with van der Waals surface area (Å²) in [7, 11) is 0. The summed E-state index contributed by atoms with van der Waals surface area (Å²) in [5.74, 6) is 2.00. The molecule has 0 amide bonds. The zero-order valence-electron chi connectivity index (χ0n) is 36.8. The van der Waals surface area contributed by atoms with Crippen molar-refractivity contribution in [2.75, 3.05) is 0 Å². The number of nitrogens with zero attached hydrogens (tertiary/aromatic N) is 4. The average Bonchev–Trinajstić information content (AvgIpc) is 3.93. The number of rotatable bonds is 8. The van der Waals surface area contributed by atoms with Crippen LogP contribution in [0, 0.1) is 18.5 Å². The van der Waals surface area contributed by atoms with Crippen LogP contribution in [0.15, 0.2) is 182 Å². The predicted octanol–water partition coefficient (Wildman–Crippen LogP) is 14.0. The number of imidazole rings is 1. The van der Waals surface area contributed by atoms with Gasteiger partial charge in [0, 0.05) is 56.7 Å². The van der Waals surface area contributed by atoms with Crippen molar-refractivity contribution in [3.63, 3.8) is 0 Å². The minimum Gasteiger partial charge on any atom is -0.510 e. The van der Waals surface area contributed by atoms with Gasteiger partial charge in [0.1, 0.15) is 5.82 Å². The molecule has 3 heterocycles. The van der Waals surface area contributed by atoms with Gasteiger partial charge in [0.15, 0.2) is 0 Å². The number of ether oxygens (including phenoxy) is 1. The van der Waals surface area contributed by atoms with E-state index < -0.39 is 0 Å². The molecule has 0 radical (unpaired) electrons. The van der Waals surface area contributed by atoms with Gasteiger partial charge in [0.2, 0.25) is 0 Å². The molecular weight excluding hydrogens is 964 g/mol. The van der Waals surface area contributed by atoms with Gasteiger partial charge in [-0.1, -0.05) is 156 Å². The number of para-hydroxylation sites is 1. The van der Waals surface area contributed by atoms with E-state index in [0.717, 1.165) is 50.1 Å². The van der Waals surface area contributed by atoms with E-state index in [2.05, 4.69) is 221 Å². The quantitative estimate of drug-likeness (QED) is 0.112. The first-order valence-electron chi connectivity index (χ1n) is 21.5. The largest absolute Gasteiger partial charge is 0.510 e. The second kappa shape index (κ2) is 17.0. The predicted molar refractivity (Wildman–Crippen MR) is 256 cm³/mol. The molecule has 7 aromatic carbocycles. The Labute approximate surface area is 390 Å². The van der Waals surface area contributed by atoms with Crippen LogP contribution < -0.4 is 9.30 Å². The number of fused-ring (bicyclic) bond motifs is 3. The minimum atomic E-state index is -0.120. The molecule has 10 aromatic rings. The third kappa shape index (κ3) is 8.25. The Morgan fingerprint density at radius 2 is 1.19 bits per heavy atom. The van der Waals surface area contributed by atoms with Crippen molar-refractivity contribution in [2.24, 2.45) is 0 Å². The number of pyridine rings is 1. The van der Waals surface area contributed by atoms with Crippen LogP contribution in [0.25, 0.3) is 72.4 Å². The fraction of sp³-hybridized carbons (Fsp3) is 0.138. The van der Waals surface area contributed by atoms with Gasteiger partial charge in [-0.25, -0.2) is 4.98 Å². The van der Waals surface area contributed by atoms with Crippen LogP contribution in [0.3, 0.4) is 0 Å². The molecule has 0 aliphatic heterocycles. The smallest absolute Gasteiger partial charge is 0.267 e. The molecule has 10 rings (SSSR count). The number of hydrogen-bond donors (Lipinski definition) is 0. The Balaban J connectivity index is 0.00000518. The molecule has 0 fully saturated rings. The van der Waals surface area contributed by atoms with E-state index >= 15 is 0 Å². The van der Waals surface area contributed by atoms with Gasteiger partial charge in [-0.05, 0) is 91.2 Å². The summed E-state index contributed by atoms with van der Waals surface area (Å²) in [6.07, 6.45) is 9.63. The normalized spacial score (nSPS) is 11.8. The van der Waals surface area contributed by atoms with Crippen LogP contribution in [0.4, 0.5) is 0 Å². The van der Waals surface area contributed by atoms with Crippen molar-refractivity contribution >= 4 is 21.8 Å². The summed E-state index contributed by atoms with van der Waals surface area (Å²) >= 11 is 0. The third-order valence-corrected chi connectivity index (χ3v) is 11.7. The van der Waals surface area contributed by atoms with Gasteiger partial charge in [-0.3, -0.25) is 4.57 Å². The summed E-state index contributed by atoms with van der Waals surface area (Å²) in [4.78, 5) is 4.87. The molecule has 318 valence electrons. The summed E-state index contributed by atoms with van der Waals surface area (Å²) < 4.78 is 13.0. The van der Waals surface area contributed by atoms with Crippen LogP contribution in [0.5, 0.6) is 11.5 Å². The molecule has 64 heavy (non-hydrogen) atoms. The maximum atomic E-state index is 6.76. The molecule has 0 aliphatic rings. The van der Waals surface area contributed by atoms with E-state index in [1.54, 1.807) is 0 Å². The SMILES string of the molecule is CC(C)(C)c1ccnc(-n2c3[c-]c(Oc4[c-]c(-n5[c-][n+](-c6cc(-c7ccccc7)c(C(C)(C)C)c(-c7ccccc7)c6)cc5)cc(-c5ccccc5)c4)ccc3c3ccccc32)c1.[Pt]. The molecule has 3 aromatic heterocycles.